The predicted molar refractivity (Wildman–Crippen MR) is 59.6 cm³/mol. The normalized spacial score (nSPS) is 11.2. The number of benzene rings is 1. The maximum absolute atomic E-state index is 13.3. The lowest BCUT2D eigenvalue weighted by Crippen LogP contribution is -2.10. The van der Waals surface area contributed by atoms with E-state index in [4.69, 9.17) is 10.5 Å². The monoisotopic (exact) mass is 241 g/mol. The van der Waals surface area contributed by atoms with E-state index in [0.717, 1.165) is 6.07 Å². The second-order valence-electron chi connectivity index (χ2n) is 3.62. The number of nitrogens with zero attached hydrogens (tertiary/aromatic N) is 1. The summed E-state index contributed by atoms with van der Waals surface area (Å²) in [5.41, 5.74) is 5.78. The SMILES string of the molecule is NCCOCCc1nc2c(F)cc(F)cc2[nH]1. The average Bonchev–Trinajstić information content (AvgIpc) is 2.67. The van der Waals surface area contributed by atoms with Crippen molar-refractivity contribution in [3.63, 3.8) is 0 Å². The standard InChI is InChI=1S/C11H13F2N3O/c12-7-5-8(13)11-9(6-7)15-10(16-11)1-3-17-4-2-14/h5-6H,1-4,14H2,(H,15,16). The number of imidazole rings is 1. The average molecular weight is 241 g/mol. The molecule has 0 saturated carbocycles. The van der Waals surface area contributed by atoms with Crippen LogP contribution in [0.4, 0.5) is 8.78 Å². The summed E-state index contributed by atoms with van der Waals surface area (Å²) in [6.45, 7) is 1.38. The minimum atomic E-state index is -0.662. The van der Waals surface area contributed by atoms with Gasteiger partial charge in [-0.3, -0.25) is 0 Å². The first-order valence-electron chi connectivity index (χ1n) is 5.32. The van der Waals surface area contributed by atoms with Gasteiger partial charge in [-0.2, -0.15) is 0 Å². The van der Waals surface area contributed by atoms with Crippen molar-refractivity contribution < 1.29 is 13.5 Å². The number of fused-ring (bicyclic) bond motifs is 1. The molecule has 0 fully saturated rings. The van der Waals surface area contributed by atoms with Crippen LogP contribution in [0.2, 0.25) is 0 Å². The van der Waals surface area contributed by atoms with Crippen LogP contribution in [0.15, 0.2) is 12.1 Å². The molecular weight excluding hydrogens is 228 g/mol. The van der Waals surface area contributed by atoms with Gasteiger partial charge in [0.1, 0.15) is 17.2 Å². The number of rotatable bonds is 5. The Morgan fingerprint density at radius 1 is 1.29 bits per heavy atom. The van der Waals surface area contributed by atoms with E-state index in [1.807, 2.05) is 0 Å². The van der Waals surface area contributed by atoms with Gasteiger partial charge < -0.3 is 15.5 Å². The summed E-state index contributed by atoms with van der Waals surface area (Å²) in [4.78, 5) is 6.89. The van der Waals surface area contributed by atoms with Gasteiger partial charge >= 0.3 is 0 Å². The molecule has 0 aliphatic rings. The summed E-state index contributed by atoms with van der Waals surface area (Å²) in [7, 11) is 0. The molecule has 0 unspecified atom stereocenters. The van der Waals surface area contributed by atoms with Crippen molar-refractivity contribution in [2.24, 2.45) is 5.73 Å². The summed E-state index contributed by atoms with van der Waals surface area (Å²) in [6, 6.07) is 2.04. The first kappa shape index (κ1) is 11.9. The lowest BCUT2D eigenvalue weighted by atomic mass is 10.3. The van der Waals surface area contributed by atoms with Gasteiger partial charge in [0.2, 0.25) is 0 Å². The van der Waals surface area contributed by atoms with Crippen LogP contribution in [0.5, 0.6) is 0 Å². The molecule has 1 aromatic heterocycles. The van der Waals surface area contributed by atoms with Gasteiger partial charge in [-0.15, -0.1) is 0 Å². The van der Waals surface area contributed by atoms with Gasteiger partial charge in [-0.1, -0.05) is 0 Å². The summed E-state index contributed by atoms with van der Waals surface area (Å²) < 4.78 is 31.4. The van der Waals surface area contributed by atoms with Crippen LogP contribution >= 0.6 is 0 Å². The molecule has 0 saturated heterocycles. The van der Waals surface area contributed by atoms with Gasteiger partial charge in [0.15, 0.2) is 5.82 Å². The van der Waals surface area contributed by atoms with Crippen molar-refractivity contribution in [3.05, 3.63) is 29.6 Å². The summed E-state index contributed by atoms with van der Waals surface area (Å²) in [5, 5.41) is 0. The van der Waals surface area contributed by atoms with Gasteiger partial charge in [-0.05, 0) is 6.07 Å². The van der Waals surface area contributed by atoms with Crippen molar-refractivity contribution in [1.82, 2.24) is 9.97 Å². The minimum absolute atomic E-state index is 0.153. The third-order valence-corrected chi connectivity index (χ3v) is 2.30. The largest absolute Gasteiger partial charge is 0.380 e. The van der Waals surface area contributed by atoms with E-state index in [1.165, 1.54) is 6.07 Å². The van der Waals surface area contributed by atoms with Crippen LogP contribution in [0.1, 0.15) is 5.82 Å². The Labute approximate surface area is 96.8 Å². The molecule has 0 aliphatic heterocycles. The Balaban J connectivity index is 2.12. The van der Waals surface area contributed by atoms with Gasteiger partial charge in [0.25, 0.3) is 0 Å². The summed E-state index contributed by atoms with van der Waals surface area (Å²) >= 11 is 0. The molecule has 4 nitrogen and oxygen atoms in total. The number of H-pyrrole nitrogens is 1. The number of nitrogens with one attached hydrogen (secondary N) is 1. The molecule has 92 valence electrons. The van der Waals surface area contributed by atoms with Gasteiger partial charge in [0.05, 0.1) is 18.7 Å². The zero-order chi connectivity index (χ0) is 12.3. The van der Waals surface area contributed by atoms with E-state index >= 15 is 0 Å². The van der Waals surface area contributed by atoms with Gasteiger partial charge in [-0.25, -0.2) is 13.8 Å². The lowest BCUT2D eigenvalue weighted by molar-refractivity contribution is 0.143. The topological polar surface area (TPSA) is 63.9 Å². The number of aromatic amines is 1. The van der Waals surface area contributed by atoms with E-state index in [-0.39, 0.29) is 5.52 Å². The Hall–Kier alpha value is -1.53. The lowest BCUT2D eigenvalue weighted by Gasteiger charge is -1.98. The highest BCUT2D eigenvalue weighted by atomic mass is 19.1. The van der Waals surface area contributed by atoms with Crippen molar-refractivity contribution >= 4 is 11.0 Å². The highest BCUT2D eigenvalue weighted by Crippen LogP contribution is 2.17. The molecule has 0 amide bonds. The van der Waals surface area contributed by atoms with Crippen molar-refractivity contribution in [2.45, 2.75) is 6.42 Å². The van der Waals surface area contributed by atoms with Crippen molar-refractivity contribution in [1.29, 1.82) is 0 Å². The zero-order valence-electron chi connectivity index (χ0n) is 9.17. The molecule has 0 spiro atoms. The molecule has 1 heterocycles. The third kappa shape index (κ3) is 2.78. The fourth-order valence-corrected chi connectivity index (χ4v) is 1.57. The van der Waals surface area contributed by atoms with Gasteiger partial charge in [0, 0.05) is 19.0 Å². The maximum Gasteiger partial charge on any atom is 0.153 e. The maximum atomic E-state index is 13.3. The number of aromatic nitrogens is 2. The van der Waals surface area contributed by atoms with E-state index in [1.54, 1.807) is 0 Å². The number of nitrogens with two attached hydrogens (primary N) is 1. The molecule has 2 rings (SSSR count). The van der Waals surface area contributed by atoms with E-state index < -0.39 is 11.6 Å². The molecule has 0 atom stereocenters. The second kappa shape index (κ2) is 5.20. The number of ether oxygens (including phenoxy) is 1. The Bertz CT molecular complexity index is 513. The van der Waals surface area contributed by atoms with E-state index in [0.29, 0.717) is 37.5 Å². The van der Waals surface area contributed by atoms with Crippen LogP contribution in [0.3, 0.4) is 0 Å². The van der Waals surface area contributed by atoms with Crippen LogP contribution in [0.25, 0.3) is 11.0 Å². The van der Waals surface area contributed by atoms with Crippen LogP contribution < -0.4 is 5.73 Å². The molecule has 3 N–H and O–H groups in total. The van der Waals surface area contributed by atoms with Crippen LogP contribution in [-0.2, 0) is 11.2 Å². The molecular formula is C11H13F2N3O. The van der Waals surface area contributed by atoms with Crippen LogP contribution in [0, 0.1) is 11.6 Å². The predicted octanol–water partition coefficient (Wildman–Crippen LogP) is 1.36. The molecule has 1 aromatic carbocycles. The summed E-state index contributed by atoms with van der Waals surface area (Å²) in [6.07, 6.45) is 0.510. The quantitative estimate of drug-likeness (QED) is 0.777. The fraction of sp³-hybridized carbons (Fsp3) is 0.364. The smallest absolute Gasteiger partial charge is 0.153 e. The third-order valence-electron chi connectivity index (χ3n) is 2.30. The Morgan fingerprint density at radius 3 is 2.88 bits per heavy atom. The zero-order valence-corrected chi connectivity index (χ0v) is 9.17. The number of halogens is 2. The van der Waals surface area contributed by atoms with Crippen molar-refractivity contribution in [3.8, 4) is 0 Å². The molecule has 2 aromatic rings. The second-order valence-corrected chi connectivity index (χ2v) is 3.62. The number of hydrogen-bond acceptors (Lipinski definition) is 3. The fourth-order valence-electron chi connectivity index (χ4n) is 1.57. The Morgan fingerprint density at radius 2 is 2.12 bits per heavy atom. The van der Waals surface area contributed by atoms with Crippen LogP contribution in [-0.4, -0.2) is 29.7 Å². The van der Waals surface area contributed by atoms with E-state index in [9.17, 15) is 8.78 Å². The highest BCUT2D eigenvalue weighted by Gasteiger charge is 2.09. The highest BCUT2D eigenvalue weighted by molar-refractivity contribution is 5.75. The molecule has 17 heavy (non-hydrogen) atoms. The molecule has 0 bridgehead atoms. The van der Waals surface area contributed by atoms with Crippen molar-refractivity contribution in [2.75, 3.05) is 19.8 Å². The Kier molecular flexibility index (Phi) is 3.65. The minimum Gasteiger partial charge on any atom is -0.380 e. The first-order chi connectivity index (χ1) is 8.20. The molecule has 0 radical (unpaired) electrons. The summed E-state index contributed by atoms with van der Waals surface area (Å²) in [5.74, 6) is -0.712. The molecule has 0 aliphatic carbocycles. The first-order valence-corrected chi connectivity index (χ1v) is 5.32. The van der Waals surface area contributed by atoms with E-state index in [2.05, 4.69) is 9.97 Å². The molecule has 6 heteroatoms. The number of hydrogen-bond donors (Lipinski definition) is 2.